The number of ketones is 1. The second-order valence-corrected chi connectivity index (χ2v) is 14.1. The van der Waals surface area contributed by atoms with Crippen LogP contribution in [0.5, 0.6) is 0 Å². The number of carbonyl (C=O) groups is 2. The van der Waals surface area contributed by atoms with E-state index < -0.39 is 29.3 Å². The van der Waals surface area contributed by atoms with E-state index in [-0.39, 0.29) is 52.9 Å². The van der Waals surface area contributed by atoms with Crippen LogP contribution in [0.4, 0.5) is 0 Å². The molecule has 0 aromatic heterocycles. The van der Waals surface area contributed by atoms with Crippen molar-refractivity contribution in [1.29, 1.82) is 0 Å². The number of allylic oxidation sites excluding steroid dienone is 2. The van der Waals surface area contributed by atoms with Gasteiger partial charge in [-0.2, -0.15) is 0 Å². The molecule has 5 aliphatic rings. The number of Topliss-reactive ketones (excluding diaryl/α,β-unsaturated/α-hetero) is 1. The van der Waals surface area contributed by atoms with Gasteiger partial charge < -0.3 is 19.7 Å². The van der Waals surface area contributed by atoms with Crippen molar-refractivity contribution in [2.75, 3.05) is 6.61 Å². The Morgan fingerprint density at radius 2 is 1.59 bits per heavy atom. The number of esters is 1. The molecule has 0 amide bonds. The van der Waals surface area contributed by atoms with Crippen molar-refractivity contribution in [2.45, 2.75) is 124 Å². The van der Waals surface area contributed by atoms with E-state index in [9.17, 15) is 19.8 Å². The smallest absolute Gasteiger partial charge is 0.303 e. The fourth-order valence-electron chi connectivity index (χ4n) is 10.1. The molecule has 37 heavy (non-hydrogen) atoms. The van der Waals surface area contributed by atoms with Crippen LogP contribution < -0.4 is 0 Å². The van der Waals surface area contributed by atoms with Gasteiger partial charge in [0.2, 0.25) is 0 Å². The first-order valence-electron chi connectivity index (χ1n) is 14.7. The zero-order chi connectivity index (χ0) is 27.1. The number of hydrogen-bond acceptors (Lipinski definition) is 6. The van der Waals surface area contributed by atoms with E-state index in [1.165, 1.54) is 6.92 Å². The summed E-state index contributed by atoms with van der Waals surface area (Å²) in [4.78, 5) is 25.3. The molecular formula is C31H48O6. The number of aliphatic hydroxyl groups is 2. The summed E-state index contributed by atoms with van der Waals surface area (Å²) in [6.45, 7) is 14.2. The van der Waals surface area contributed by atoms with Gasteiger partial charge in [0.15, 0.2) is 11.9 Å². The second-order valence-electron chi connectivity index (χ2n) is 14.1. The molecule has 0 radical (unpaired) electrons. The molecule has 208 valence electrons. The minimum Gasteiger partial charge on any atom is -0.459 e. The predicted octanol–water partition coefficient (Wildman–Crippen LogP) is 4.99. The number of ether oxygens (including phenoxy) is 2. The van der Waals surface area contributed by atoms with Gasteiger partial charge in [0, 0.05) is 24.2 Å². The van der Waals surface area contributed by atoms with E-state index in [0.29, 0.717) is 0 Å². The molecule has 0 aromatic rings. The van der Waals surface area contributed by atoms with Gasteiger partial charge >= 0.3 is 5.97 Å². The first-order chi connectivity index (χ1) is 17.3. The van der Waals surface area contributed by atoms with Crippen LogP contribution in [-0.2, 0) is 19.1 Å². The number of aliphatic hydroxyl groups excluding tert-OH is 2. The van der Waals surface area contributed by atoms with E-state index in [4.69, 9.17) is 9.47 Å². The van der Waals surface area contributed by atoms with Gasteiger partial charge in [-0.15, -0.1) is 0 Å². The molecule has 6 nitrogen and oxygen atoms in total. The zero-order valence-corrected chi connectivity index (χ0v) is 23.9. The van der Waals surface area contributed by atoms with Crippen LogP contribution in [0.15, 0.2) is 11.1 Å². The van der Waals surface area contributed by atoms with Crippen molar-refractivity contribution >= 4 is 11.8 Å². The maximum atomic E-state index is 13.2. The summed E-state index contributed by atoms with van der Waals surface area (Å²) in [5, 5.41) is 21.3. The van der Waals surface area contributed by atoms with Gasteiger partial charge in [-0.25, -0.2) is 0 Å². The summed E-state index contributed by atoms with van der Waals surface area (Å²) >= 11 is 0. The molecule has 2 N–H and O–H groups in total. The van der Waals surface area contributed by atoms with Crippen molar-refractivity contribution < 1.29 is 29.3 Å². The van der Waals surface area contributed by atoms with Gasteiger partial charge in [0.1, 0.15) is 6.10 Å². The highest BCUT2D eigenvalue weighted by molar-refractivity contribution is 5.86. The van der Waals surface area contributed by atoms with Gasteiger partial charge in [-0.3, -0.25) is 9.59 Å². The fourth-order valence-corrected chi connectivity index (χ4v) is 10.1. The van der Waals surface area contributed by atoms with Gasteiger partial charge in [0.25, 0.3) is 0 Å². The van der Waals surface area contributed by atoms with Crippen LogP contribution >= 0.6 is 0 Å². The molecular weight excluding hydrogens is 468 g/mol. The molecule has 0 bridgehead atoms. The third-order valence-electron chi connectivity index (χ3n) is 12.2. The Bertz CT molecular complexity index is 1000. The highest BCUT2D eigenvalue weighted by Gasteiger charge is 2.69. The normalized spacial score (nSPS) is 49.1. The van der Waals surface area contributed by atoms with Crippen molar-refractivity contribution in [3.8, 4) is 0 Å². The minimum atomic E-state index is -0.699. The quantitative estimate of drug-likeness (QED) is 0.404. The Morgan fingerprint density at radius 3 is 2.16 bits per heavy atom. The van der Waals surface area contributed by atoms with Gasteiger partial charge in [-0.1, -0.05) is 52.7 Å². The van der Waals surface area contributed by atoms with Gasteiger partial charge in [0.05, 0.1) is 18.3 Å². The van der Waals surface area contributed by atoms with Crippen LogP contribution in [0.25, 0.3) is 0 Å². The SMILES string of the molecule is CC(=O)O[C@@H]1[C@@H](C(=O)C(C)C)O[C@@]2(CC[C@@]3(C)C4=C(CC[C@H]23)[C@@]2(C)CC[C@H](O)[C@](C)(CO)[C@@H]2CC4)[C@@H]1C. The van der Waals surface area contributed by atoms with Crippen molar-refractivity contribution in [3.05, 3.63) is 11.1 Å². The van der Waals surface area contributed by atoms with E-state index >= 15 is 0 Å². The summed E-state index contributed by atoms with van der Waals surface area (Å²) in [6.07, 6.45) is 5.86. The third-order valence-corrected chi connectivity index (χ3v) is 12.2. The molecule has 4 aliphatic carbocycles. The molecule has 0 unspecified atom stereocenters. The number of fused-ring (bicyclic) bond motifs is 5. The summed E-state index contributed by atoms with van der Waals surface area (Å²) < 4.78 is 12.7. The van der Waals surface area contributed by atoms with E-state index in [2.05, 4.69) is 27.7 Å². The maximum Gasteiger partial charge on any atom is 0.303 e. The average Bonchev–Trinajstić information content (AvgIpc) is 3.30. The lowest BCUT2D eigenvalue weighted by atomic mass is 9.45. The molecule has 5 rings (SSSR count). The lowest BCUT2D eigenvalue weighted by Gasteiger charge is -2.61. The van der Waals surface area contributed by atoms with Crippen molar-refractivity contribution in [1.82, 2.24) is 0 Å². The first-order valence-corrected chi connectivity index (χ1v) is 14.7. The molecule has 0 aromatic carbocycles. The summed E-state index contributed by atoms with van der Waals surface area (Å²) in [6, 6.07) is 0. The predicted molar refractivity (Wildman–Crippen MR) is 141 cm³/mol. The number of rotatable bonds is 4. The van der Waals surface area contributed by atoms with Crippen LogP contribution in [-0.4, -0.2) is 52.5 Å². The maximum absolute atomic E-state index is 13.2. The molecule has 1 spiro atoms. The highest BCUT2D eigenvalue weighted by atomic mass is 16.6. The largest absolute Gasteiger partial charge is 0.459 e. The van der Waals surface area contributed by atoms with Crippen LogP contribution in [0.1, 0.15) is 99.8 Å². The molecule has 1 saturated heterocycles. The Hall–Kier alpha value is -1.24. The standard InChI is InChI=1S/C31H48O6/c1-17(2)25(35)27-26(36-19(4)33)18(3)31(37-27)15-14-29(6)21-8-10-22-28(5,20(21)9-11-23(29)31)13-12-24(34)30(22,7)16-32/h17-18,22-24,26-27,32,34H,8-16H2,1-7H3/t18-,22-,23+,24+,26+,27-,28-,29+,30-,31+/m1/s1. The van der Waals surface area contributed by atoms with Gasteiger partial charge in [-0.05, 0) is 74.0 Å². The molecule has 1 aliphatic heterocycles. The topological polar surface area (TPSA) is 93.1 Å². The van der Waals surface area contributed by atoms with E-state index in [1.807, 2.05) is 13.8 Å². The van der Waals surface area contributed by atoms with E-state index in [0.717, 1.165) is 51.4 Å². The van der Waals surface area contributed by atoms with Crippen LogP contribution in [0.3, 0.4) is 0 Å². The summed E-state index contributed by atoms with van der Waals surface area (Å²) in [5.41, 5.74) is 2.19. The Labute approximate surface area is 222 Å². The van der Waals surface area contributed by atoms with Crippen molar-refractivity contribution in [3.63, 3.8) is 0 Å². The molecule has 6 heteroatoms. The van der Waals surface area contributed by atoms with Crippen LogP contribution in [0.2, 0.25) is 0 Å². The summed E-state index contributed by atoms with van der Waals surface area (Å²) in [7, 11) is 0. The average molecular weight is 517 g/mol. The Morgan fingerprint density at radius 1 is 1.00 bits per heavy atom. The molecule has 1 heterocycles. The second kappa shape index (κ2) is 8.89. The first kappa shape index (κ1) is 27.3. The Balaban J connectivity index is 1.53. The zero-order valence-electron chi connectivity index (χ0n) is 23.9. The lowest BCUT2D eigenvalue weighted by molar-refractivity contribution is -0.156. The highest BCUT2D eigenvalue weighted by Crippen LogP contribution is 2.70. The van der Waals surface area contributed by atoms with Crippen molar-refractivity contribution in [2.24, 2.45) is 39.9 Å². The Kier molecular flexibility index (Phi) is 6.57. The molecule has 10 atom stereocenters. The monoisotopic (exact) mass is 516 g/mol. The number of carbonyl (C=O) groups excluding carboxylic acids is 2. The minimum absolute atomic E-state index is 0.00735. The third kappa shape index (κ3) is 3.60. The van der Waals surface area contributed by atoms with Crippen LogP contribution in [0, 0.1) is 39.9 Å². The molecule has 3 fully saturated rings. The summed E-state index contributed by atoms with van der Waals surface area (Å²) in [5.74, 6) is -0.0204. The fraction of sp³-hybridized carbons (Fsp3) is 0.871. The molecule has 2 saturated carbocycles. The van der Waals surface area contributed by atoms with E-state index in [1.54, 1.807) is 11.1 Å². The lowest BCUT2D eigenvalue weighted by Crippen LogP contribution is -2.57. The number of hydrogen-bond donors (Lipinski definition) is 2.